The Morgan fingerprint density at radius 2 is 1.62 bits per heavy atom. The largest absolute Gasteiger partial charge is 0.489 e. The first kappa shape index (κ1) is 27.9. The number of para-hydroxylation sites is 1. The van der Waals surface area contributed by atoms with Crippen LogP contribution in [0.15, 0.2) is 91.0 Å². The quantitative estimate of drug-likeness (QED) is 0.196. The highest BCUT2D eigenvalue weighted by Gasteiger charge is 2.21. The van der Waals surface area contributed by atoms with Crippen LogP contribution in [-0.4, -0.2) is 18.5 Å². The SMILES string of the molecule is CCOC(=O)CCc1ccc(COc2ccccc2)cc1C(=O)NC(CC(C)C)c1cccc2ccccc12. The number of ether oxygens (including phenoxy) is 2. The van der Waals surface area contributed by atoms with E-state index in [-0.39, 0.29) is 24.3 Å². The van der Waals surface area contributed by atoms with E-state index in [0.29, 0.717) is 31.1 Å². The molecule has 0 aliphatic carbocycles. The molecule has 0 aromatic heterocycles. The standard InChI is InChI=1S/C34H37NO4/c1-4-38-33(36)20-19-27-18-17-25(23-39-28-13-6-5-7-14-28)22-31(27)34(37)35-32(21-24(2)3)30-16-10-12-26-11-8-9-15-29(26)30/h5-18,22,24,32H,4,19-21,23H2,1-3H3,(H,35,37). The van der Waals surface area contributed by atoms with Gasteiger partial charge in [-0.1, -0.05) is 86.6 Å². The maximum absolute atomic E-state index is 13.9. The Morgan fingerprint density at radius 1 is 0.872 bits per heavy atom. The van der Waals surface area contributed by atoms with Crippen LogP contribution in [0.3, 0.4) is 0 Å². The van der Waals surface area contributed by atoms with E-state index in [2.05, 4.69) is 43.4 Å². The fraction of sp³-hybridized carbons (Fsp3) is 0.294. The lowest BCUT2D eigenvalue weighted by Crippen LogP contribution is -2.30. The van der Waals surface area contributed by atoms with Gasteiger partial charge in [0.2, 0.25) is 0 Å². The van der Waals surface area contributed by atoms with Gasteiger partial charge in [0.15, 0.2) is 0 Å². The normalized spacial score (nSPS) is 11.8. The third-order valence-electron chi connectivity index (χ3n) is 6.68. The second-order valence-electron chi connectivity index (χ2n) is 10.1. The third kappa shape index (κ3) is 7.70. The average molecular weight is 524 g/mol. The number of hydrogen-bond acceptors (Lipinski definition) is 4. The van der Waals surface area contributed by atoms with Crippen molar-refractivity contribution < 1.29 is 19.1 Å². The molecule has 0 saturated carbocycles. The lowest BCUT2D eigenvalue weighted by molar-refractivity contribution is -0.143. The van der Waals surface area contributed by atoms with Crippen LogP contribution in [-0.2, 0) is 22.6 Å². The molecule has 1 amide bonds. The molecule has 1 atom stereocenters. The number of amides is 1. The van der Waals surface area contributed by atoms with Crippen molar-refractivity contribution in [3.8, 4) is 5.75 Å². The summed E-state index contributed by atoms with van der Waals surface area (Å²) in [6.45, 7) is 6.79. The summed E-state index contributed by atoms with van der Waals surface area (Å²) in [5, 5.41) is 5.62. The molecule has 4 aromatic carbocycles. The monoisotopic (exact) mass is 523 g/mol. The number of fused-ring (bicyclic) bond motifs is 1. The topological polar surface area (TPSA) is 64.6 Å². The van der Waals surface area contributed by atoms with Crippen LogP contribution >= 0.6 is 0 Å². The van der Waals surface area contributed by atoms with Crippen molar-refractivity contribution in [1.29, 1.82) is 0 Å². The molecule has 0 bridgehead atoms. The molecule has 5 heteroatoms. The van der Waals surface area contributed by atoms with Crippen molar-refractivity contribution >= 4 is 22.6 Å². The van der Waals surface area contributed by atoms with Gasteiger partial charge in [-0.05, 0) is 71.3 Å². The first-order valence-electron chi connectivity index (χ1n) is 13.7. The van der Waals surface area contributed by atoms with Gasteiger partial charge in [-0.2, -0.15) is 0 Å². The second-order valence-corrected chi connectivity index (χ2v) is 10.1. The van der Waals surface area contributed by atoms with Crippen molar-refractivity contribution in [2.24, 2.45) is 5.92 Å². The lowest BCUT2D eigenvalue weighted by atomic mass is 9.92. The van der Waals surface area contributed by atoms with E-state index < -0.39 is 0 Å². The molecule has 202 valence electrons. The van der Waals surface area contributed by atoms with Crippen molar-refractivity contribution in [2.75, 3.05) is 6.61 Å². The molecular weight excluding hydrogens is 486 g/mol. The van der Waals surface area contributed by atoms with E-state index in [0.717, 1.165) is 39.6 Å². The van der Waals surface area contributed by atoms with Crippen molar-refractivity contribution in [3.63, 3.8) is 0 Å². The van der Waals surface area contributed by atoms with Crippen molar-refractivity contribution in [3.05, 3.63) is 113 Å². The Balaban J connectivity index is 1.63. The molecule has 0 radical (unpaired) electrons. The van der Waals surface area contributed by atoms with Gasteiger partial charge in [-0.25, -0.2) is 0 Å². The Hall–Kier alpha value is -4.12. The van der Waals surface area contributed by atoms with Crippen LogP contribution in [0.5, 0.6) is 5.75 Å². The molecule has 0 spiro atoms. The summed E-state index contributed by atoms with van der Waals surface area (Å²) in [5.41, 5.74) is 3.36. The van der Waals surface area contributed by atoms with Crippen LogP contribution in [0, 0.1) is 5.92 Å². The van der Waals surface area contributed by atoms with Gasteiger partial charge >= 0.3 is 5.97 Å². The minimum atomic E-state index is -0.270. The molecule has 5 nitrogen and oxygen atoms in total. The predicted molar refractivity (Wildman–Crippen MR) is 156 cm³/mol. The first-order chi connectivity index (χ1) is 18.9. The van der Waals surface area contributed by atoms with Gasteiger partial charge in [0, 0.05) is 12.0 Å². The number of carbonyl (C=O) groups is 2. The average Bonchev–Trinajstić information content (AvgIpc) is 2.95. The highest BCUT2D eigenvalue weighted by molar-refractivity contribution is 5.97. The minimum Gasteiger partial charge on any atom is -0.489 e. The van der Waals surface area contributed by atoms with Gasteiger partial charge in [0.05, 0.1) is 12.6 Å². The van der Waals surface area contributed by atoms with Crippen molar-refractivity contribution in [1.82, 2.24) is 5.32 Å². The van der Waals surface area contributed by atoms with Gasteiger partial charge in [0.1, 0.15) is 12.4 Å². The Kier molecular flexibility index (Phi) is 9.74. The Bertz CT molecular complexity index is 1390. The number of benzene rings is 4. The second kappa shape index (κ2) is 13.6. The van der Waals surface area contributed by atoms with E-state index in [9.17, 15) is 9.59 Å². The van der Waals surface area contributed by atoms with Crippen LogP contribution in [0.4, 0.5) is 0 Å². The molecule has 39 heavy (non-hydrogen) atoms. The first-order valence-corrected chi connectivity index (χ1v) is 13.7. The molecule has 1 N–H and O–H groups in total. The fourth-order valence-electron chi connectivity index (χ4n) is 4.82. The van der Waals surface area contributed by atoms with Crippen LogP contribution < -0.4 is 10.1 Å². The smallest absolute Gasteiger partial charge is 0.306 e. The molecule has 0 heterocycles. The number of rotatable bonds is 12. The summed E-state index contributed by atoms with van der Waals surface area (Å²) in [7, 11) is 0. The molecule has 0 aliphatic heterocycles. The summed E-state index contributed by atoms with van der Waals surface area (Å²) in [5.74, 6) is 0.716. The molecule has 0 fully saturated rings. The lowest BCUT2D eigenvalue weighted by Gasteiger charge is -2.24. The van der Waals surface area contributed by atoms with Gasteiger partial charge < -0.3 is 14.8 Å². The molecule has 4 aromatic rings. The highest BCUT2D eigenvalue weighted by atomic mass is 16.5. The summed E-state index contributed by atoms with van der Waals surface area (Å²) in [4.78, 5) is 26.0. The maximum atomic E-state index is 13.9. The Labute approximate surface area is 231 Å². The zero-order valence-corrected chi connectivity index (χ0v) is 23.0. The molecule has 0 aliphatic rings. The van der Waals surface area contributed by atoms with E-state index in [1.165, 1.54) is 0 Å². The molecular formula is C34H37NO4. The van der Waals surface area contributed by atoms with Crippen LogP contribution in [0.1, 0.15) is 66.7 Å². The summed E-state index contributed by atoms with van der Waals surface area (Å²) < 4.78 is 11.1. The summed E-state index contributed by atoms with van der Waals surface area (Å²) >= 11 is 0. The number of nitrogens with one attached hydrogen (secondary N) is 1. The molecule has 0 saturated heterocycles. The van der Waals surface area contributed by atoms with E-state index in [4.69, 9.17) is 9.47 Å². The fourth-order valence-corrected chi connectivity index (χ4v) is 4.82. The summed E-state index contributed by atoms with van der Waals surface area (Å²) in [6, 6.07) is 29.7. The van der Waals surface area contributed by atoms with Crippen molar-refractivity contribution in [2.45, 2.75) is 52.7 Å². The summed E-state index contributed by atoms with van der Waals surface area (Å²) in [6.07, 6.45) is 1.44. The zero-order valence-electron chi connectivity index (χ0n) is 23.0. The number of carbonyl (C=O) groups excluding carboxylic acids is 2. The third-order valence-corrected chi connectivity index (χ3v) is 6.68. The van der Waals surface area contributed by atoms with E-state index in [1.54, 1.807) is 6.92 Å². The van der Waals surface area contributed by atoms with Crippen LogP contribution in [0.2, 0.25) is 0 Å². The van der Waals surface area contributed by atoms with Gasteiger partial charge in [-0.3, -0.25) is 9.59 Å². The molecule has 4 rings (SSSR count). The van der Waals surface area contributed by atoms with Gasteiger partial charge in [0.25, 0.3) is 5.91 Å². The van der Waals surface area contributed by atoms with Gasteiger partial charge in [-0.15, -0.1) is 0 Å². The number of hydrogen-bond donors (Lipinski definition) is 1. The minimum absolute atomic E-state index is 0.158. The zero-order chi connectivity index (χ0) is 27.6. The Morgan fingerprint density at radius 3 is 2.38 bits per heavy atom. The van der Waals surface area contributed by atoms with E-state index >= 15 is 0 Å². The van der Waals surface area contributed by atoms with Crippen LogP contribution in [0.25, 0.3) is 10.8 Å². The van der Waals surface area contributed by atoms with E-state index in [1.807, 2.05) is 66.7 Å². The predicted octanol–water partition coefficient (Wildman–Crippen LogP) is 7.43. The number of aryl methyl sites for hydroxylation is 1. The highest BCUT2D eigenvalue weighted by Crippen LogP contribution is 2.29. The number of esters is 1. The maximum Gasteiger partial charge on any atom is 0.306 e. The molecule has 1 unspecified atom stereocenters.